The van der Waals surface area contributed by atoms with Crippen LogP contribution in [0.1, 0.15) is 11.1 Å². The van der Waals surface area contributed by atoms with Gasteiger partial charge in [-0.15, -0.1) is 10.2 Å². The van der Waals surface area contributed by atoms with Crippen LogP contribution in [0.5, 0.6) is 0 Å². The van der Waals surface area contributed by atoms with E-state index in [2.05, 4.69) is 104 Å². The molecule has 0 unspecified atom stereocenters. The zero-order valence-corrected chi connectivity index (χ0v) is 30.6. The Labute approximate surface area is 314 Å². The third-order valence-corrected chi connectivity index (χ3v) is 12.1. The molecule has 7 nitrogen and oxygen atoms in total. The molecule has 50 heavy (non-hydrogen) atoms. The first-order chi connectivity index (χ1) is 24.0. The number of rotatable bonds is 13. The SMILES string of the molecule is CN/C([S-])=N/N=C(/C(=N/N=C(\[S-])NCCOC[P+](c1ccccc1)(c1ccccc1)c1ccccc1)c1ccccc1)c1ccc(F)cc1.[Cu+2]. The van der Waals surface area contributed by atoms with Crippen molar-refractivity contribution in [3.05, 3.63) is 163 Å². The van der Waals surface area contributed by atoms with Crippen LogP contribution in [0.2, 0.25) is 0 Å². The van der Waals surface area contributed by atoms with Gasteiger partial charge >= 0.3 is 17.1 Å². The third-order valence-electron chi connectivity index (χ3n) is 7.48. The molecule has 0 spiro atoms. The summed E-state index contributed by atoms with van der Waals surface area (Å²) in [6.07, 6.45) is 0.516. The average molecular weight is 769 g/mol. The summed E-state index contributed by atoms with van der Waals surface area (Å²) in [6.45, 7) is 0.809. The average Bonchev–Trinajstić information content (AvgIpc) is 3.16. The molecular weight excluding hydrogens is 734 g/mol. The predicted octanol–water partition coefficient (Wildman–Crippen LogP) is 5.51. The van der Waals surface area contributed by atoms with Gasteiger partial charge in [-0.25, -0.2) is 4.39 Å². The first-order valence-corrected chi connectivity index (χ1v) is 18.3. The molecule has 5 aromatic rings. The molecule has 0 aliphatic heterocycles. The summed E-state index contributed by atoms with van der Waals surface area (Å²) in [5.74, 6) is -0.378. The van der Waals surface area contributed by atoms with Crippen molar-refractivity contribution in [3.63, 3.8) is 0 Å². The number of hydrogen-bond acceptors (Lipinski definition) is 7. The summed E-state index contributed by atoms with van der Waals surface area (Å²) in [4.78, 5) is 0. The first-order valence-electron chi connectivity index (χ1n) is 15.5. The van der Waals surface area contributed by atoms with Crippen LogP contribution in [-0.4, -0.2) is 48.3 Å². The summed E-state index contributed by atoms with van der Waals surface area (Å²) in [7, 11) is -0.470. The molecule has 1 radical (unpaired) electrons. The molecule has 0 aliphatic carbocycles. The molecular formula is C38H35CuFN6OPS2+. The number of hydrogen-bond donors (Lipinski definition) is 2. The maximum Gasteiger partial charge on any atom is 2.00 e. The van der Waals surface area contributed by atoms with Gasteiger partial charge in [-0.2, -0.15) is 10.2 Å². The summed E-state index contributed by atoms with van der Waals surface area (Å²) in [6, 6.07) is 47.0. The fourth-order valence-electron chi connectivity index (χ4n) is 5.11. The van der Waals surface area contributed by atoms with Gasteiger partial charge in [0.05, 0.1) is 6.61 Å². The van der Waals surface area contributed by atoms with E-state index in [4.69, 9.17) is 30.0 Å². The van der Waals surface area contributed by atoms with Crippen LogP contribution in [0, 0.1) is 5.82 Å². The fourth-order valence-corrected chi connectivity index (χ4v) is 9.09. The number of nitrogens with one attached hydrogen (secondary N) is 2. The van der Waals surface area contributed by atoms with Gasteiger partial charge in [0.15, 0.2) is 6.35 Å². The Morgan fingerprint density at radius 1 is 0.600 bits per heavy atom. The minimum Gasteiger partial charge on any atom is -0.741 e. The number of halogens is 1. The van der Waals surface area contributed by atoms with Gasteiger partial charge in [-0.1, -0.05) is 84.9 Å². The molecule has 0 bridgehead atoms. The van der Waals surface area contributed by atoms with E-state index in [0.717, 1.165) is 0 Å². The second-order valence-corrected chi connectivity index (χ2v) is 14.8. The quantitative estimate of drug-likeness (QED) is 0.0314. The normalized spacial score (nSPS) is 12.6. The van der Waals surface area contributed by atoms with Crippen LogP contribution in [0.15, 0.2) is 166 Å². The Balaban J connectivity index is 0.00000562. The van der Waals surface area contributed by atoms with E-state index < -0.39 is 7.26 Å². The molecule has 0 aliphatic rings. The Bertz CT molecular complexity index is 1800. The van der Waals surface area contributed by atoms with Crippen LogP contribution in [0.4, 0.5) is 4.39 Å². The number of ether oxygens (including phenoxy) is 1. The predicted molar refractivity (Wildman–Crippen MR) is 209 cm³/mol. The van der Waals surface area contributed by atoms with Crippen LogP contribution >= 0.6 is 7.26 Å². The molecule has 0 fully saturated rings. The number of nitrogens with zero attached hydrogens (tertiary/aromatic N) is 4. The van der Waals surface area contributed by atoms with Crippen LogP contribution in [0.3, 0.4) is 0 Å². The van der Waals surface area contributed by atoms with E-state index in [1.165, 1.54) is 28.0 Å². The largest absolute Gasteiger partial charge is 2.00 e. The molecule has 0 aromatic heterocycles. The topological polar surface area (TPSA) is 82.7 Å². The molecule has 2 N–H and O–H groups in total. The minimum atomic E-state index is -2.12. The Hall–Kier alpha value is -4.34. The molecule has 0 saturated heterocycles. The van der Waals surface area contributed by atoms with Crippen molar-refractivity contribution < 1.29 is 26.2 Å². The fraction of sp³-hybridized carbons (Fsp3) is 0.105. The minimum absolute atomic E-state index is 0. The van der Waals surface area contributed by atoms with Crippen molar-refractivity contribution in [3.8, 4) is 0 Å². The van der Waals surface area contributed by atoms with E-state index in [1.807, 2.05) is 48.5 Å². The van der Waals surface area contributed by atoms with E-state index in [-0.39, 0.29) is 33.2 Å². The monoisotopic (exact) mass is 768 g/mol. The summed E-state index contributed by atoms with van der Waals surface area (Å²) >= 11 is 10.7. The van der Waals surface area contributed by atoms with E-state index in [1.54, 1.807) is 19.2 Å². The molecule has 0 saturated carbocycles. The van der Waals surface area contributed by atoms with Crippen molar-refractivity contribution in [2.75, 3.05) is 26.5 Å². The van der Waals surface area contributed by atoms with Gasteiger partial charge in [-0.05, 0) is 71.0 Å². The van der Waals surface area contributed by atoms with Gasteiger partial charge in [0.2, 0.25) is 0 Å². The zero-order valence-electron chi connectivity index (χ0n) is 27.1. The third kappa shape index (κ3) is 10.1. The van der Waals surface area contributed by atoms with Gasteiger partial charge in [-0.3, -0.25) is 0 Å². The Kier molecular flexibility index (Phi) is 15.2. The second-order valence-electron chi connectivity index (χ2n) is 10.6. The van der Waals surface area contributed by atoms with Crippen molar-refractivity contribution in [1.29, 1.82) is 0 Å². The van der Waals surface area contributed by atoms with Crippen molar-refractivity contribution >= 4 is 70.2 Å². The zero-order chi connectivity index (χ0) is 34.3. The van der Waals surface area contributed by atoms with Crippen LogP contribution < -0.4 is 26.5 Å². The van der Waals surface area contributed by atoms with E-state index in [9.17, 15) is 4.39 Å². The van der Waals surface area contributed by atoms with Gasteiger partial charge in [0, 0.05) is 24.7 Å². The summed E-state index contributed by atoms with van der Waals surface area (Å²) in [5, 5.41) is 27.3. The number of benzene rings is 5. The van der Waals surface area contributed by atoms with Crippen molar-refractivity contribution in [2.45, 2.75) is 0 Å². The molecule has 0 heterocycles. The van der Waals surface area contributed by atoms with E-state index >= 15 is 0 Å². The first kappa shape index (κ1) is 38.5. The van der Waals surface area contributed by atoms with Gasteiger partial charge in [0.25, 0.3) is 0 Å². The summed E-state index contributed by atoms with van der Waals surface area (Å²) < 4.78 is 20.3. The molecule has 5 rings (SSSR count). The standard InChI is InChI=1S/C38H36FN6OPS2.Cu/c1-40-37(48)44-42-36(30-22-24-31(39)25-23-30)35(29-14-6-2-7-15-29)43-45-38(49)41-26-27-46-28-47(32-16-8-3-9-17-32,33-18-10-4-11-19-33)34-20-12-5-13-21-34;/h2-25H,26-28H2,1H3,(H3-,40,41,42,43,44,45,48,49);/q;+2/p-1. The second kappa shape index (κ2) is 19.7. The molecule has 5 aromatic carbocycles. The Morgan fingerprint density at radius 3 is 1.48 bits per heavy atom. The van der Waals surface area contributed by atoms with Crippen LogP contribution in [0.25, 0.3) is 0 Å². The van der Waals surface area contributed by atoms with Crippen molar-refractivity contribution in [2.24, 2.45) is 20.4 Å². The molecule has 0 amide bonds. The molecule has 0 atom stereocenters. The van der Waals surface area contributed by atoms with Gasteiger partial charge in [0.1, 0.15) is 40.4 Å². The van der Waals surface area contributed by atoms with Crippen LogP contribution in [-0.2, 0) is 47.1 Å². The summed E-state index contributed by atoms with van der Waals surface area (Å²) in [5.41, 5.74) is 2.03. The maximum atomic E-state index is 13.8. The molecule has 12 heteroatoms. The smallest absolute Gasteiger partial charge is 0.741 e. The molecule has 257 valence electrons. The number of amidine groups is 2. The maximum absolute atomic E-state index is 13.8. The Morgan fingerprint density at radius 2 is 1.02 bits per heavy atom. The van der Waals surface area contributed by atoms with E-state index in [0.29, 0.717) is 42.0 Å². The van der Waals surface area contributed by atoms with Gasteiger partial charge < -0.3 is 40.6 Å². The van der Waals surface area contributed by atoms with Crippen molar-refractivity contribution in [1.82, 2.24) is 10.6 Å².